The standard InChI is InChI=1S/C18H10Cl3O3P/c19-11-3-1-10(2-4-11)15-7-13(21)8-16-14-6-5-12(20)9-17(14)25(22,23)24-18(15)16/h1-9H,(H,22,23). The van der Waals surface area contributed by atoms with Crippen molar-refractivity contribution in [3.8, 4) is 28.0 Å². The largest absolute Gasteiger partial charge is 0.420 e. The minimum Gasteiger partial charge on any atom is -0.420 e. The van der Waals surface area contributed by atoms with E-state index >= 15 is 0 Å². The van der Waals surface area contributed by atoms with Gasteiger partial charge in [0.05, 0.1) is 5.30 Å². The van der Waals surface area contributed by atoms with Gasteiger partial charge in [-0.25, -0.2) is 4.57 Å². The minimum absolute atomic E-state index is 0.164. The summed E-state index contributed by atoms with van der Waals surface area (Å²) in [5.41, 5.74) is 2.62. The zero-order valence-electron chi connectivity index (χ0n) is 12.5. The molecule has 3 aromatic rings. The summed E-state index contributed by atoms with van der Waals surface area (Å²) >= 11 is 18.2. The molecule has 0 aromatic heterocycles. The van der Waals surface area contributed by atoms with Gasteiger partial charge in [0.15, 0.2) is 0 Å². The highest BCUT2D eigenvalue weighted by Gasteiger charge is 2.36. The van der Waals surface area contributed by atoms with Crippen LogP contribution in [0.15, 0.2) is 54.6 Å². The van der Waals surface area contributed by atoms with E-state index in [0.29, 0.717) is 37.5 Å². The van der Waals surface area contributed by atoms with Crippen molar-refractivity contribution in [1.82, 2.24) is 0 Å². The molecule has 25 heavy (non-hydrogen) atoms. The van der Waals surface area contributed by atoms with Crippen LogP contribution in [-0.4, -0.2) is 4.89 Å². The number of rotatable bonds is 1. The van der Waals surface area contributed by atoms with Gasteiger partial charge in [0.2, 0.25) is 0 Å². The van der Waals surface area contributed by atoms with Crippen LogP contribution >= 0.6 is 42.4 Å². The molecule has 0 amide bonds. The smallest absolute Gasteiger partial charge is 0.408 e. The quantitative estimate of drug-likeness (QED) is 0.486. The van der Waals surface area contributed by atoms with Crippen molar-refractivity contribution >= 4 is 47.7 Å². The zero-order chi connectivity index (χ0) is 17.8. The first kappa shape index (κ1) is 17.0. The summed E-state index contributed by atoms with van der Waals surface area (Å²) in [5, 5.41) is 1.60. The monoisotopic (exact) mass is 410 g/mol. The van der Waals surface area contributed by atoms with Crippen LogP contribution in [0.3, 0.4) is 0 Å². The first-order chi connectivity index (χ1) is 11.8. The van der Waals surface area contributed by atoms with Crippen LogP contribution < -0.4 is 9.83 Å². The molecule has 1 unspecified atom stereocenters. The van der Waals surface area contributed by atoms with E-state index < -0.39 is 7.60 Å². The Bertz CT molecular complexity index is 1030. The van der Waals surface area contributed by atoms with E-state index in [0.717, 1.165) is 5.56 Å². The maximum Gasteiger partial charge on any atom is 0.408 e. The number of halogens is 3. The van der Waals surface area contributed by atoms with Crippen LogP contribution in [-0.2, 0) is 4.57 Å². The van der Waals surface area contributed by atoms with Crippen LogP contribution in [0.25, 0.3) is 22.3 Å². The van der Waals surface area contributed by atoms with Crippen LogP contribution in [0.5, 0.6) is 5.75 Å². The van der Waals surface area contributed by atoms with Gasteiger partial charge >= 0.3 is 7.60 Å². The molecule has 126 valence electrons. The Morgan fingerprint density at radius 3 is 2.12 bits per heavy atom. The van der Waals surface area contributed by atoms with Gasteiger partial charge in [-0.1, -0.05) is 53.0 Å². The zero-order valence-corrected chi connectivity index (χ0v) is 15.7. The minimum atomic E-state index is -4.06. The second kappa shape index (κ2) is 6.05. The normalized spacial score (nSPS) is 18.2. The summed E-state index contributed by atoms with van der Waals surface area (Å²) < 4.78 is 18.2. The van der Waals surface area contributed by atoms with Crippen LogP contribution in [0.4, 0.5) is 0 Å². The second-order valence-corrected chi connectivity index (χ2v) is 8.62. The average Bonchev–Trinajstić information content (AvgIpc) is 2.56. The lowest BCUT2D eigenvalue weighted by atomic mass is 9.97. The third kappa shape index (κ3) is 2.97. The average molecular weight is 412 g/mol. The van der Waals surface area contributed by atoms with Gasteiger partial charge in [0, 0.05) is 31.8 Å². The highest BCUT2D eigenvalue weighted by molar-refractivity contribution is 7.62. The van der Waals surface area contributed by atoms with Crippen molar-refractivity contribution in [3.63, 3.8) is 0 Å². The Kier molecular flexibility index (Phi) is 4.10. The third-order valence-electron chi connectivity index (χ3n) is 3.98. The molecule has 3 nitrogen and oxygen atoms in total. The van der Waals surface area contributed by atoms with Crippen molar-refractivity contribution in [2.45, 2.75) is 0 Å². The molecule has 0 fully saturated rings. The highest BCUT2D eigenvalue weighted by atomic mass is 35.5. The Labute approximate surface area is 159 Å². The summed E-state index contributed by atoms with van der Waals surface area (Å²) in [4.78, 5) is 10.4. The van der Waals surface area contributed by atoms with Crippen molar-refractivity contribution in [3.05, 3.63) is 69.7 Å². The molecule has 1 N–H and O–H groups in total. The summed E-state index contributed by atoms with van der Waals surface area (Å²) in [7, 11) is -4.06. The lowest BCUT2D eigenvalue weighted by molar-refractivity contribution is 0.393. The Balaban J connectivity index is 2.03. The van der Waals surface area contributed by atoms with Crippen molar-refractivity contribution in [1.29, 1.82) is 0 Å². The molecule has 0 spiro atoms. The predicted molar refractivity (Wildman–Crippen MR) is 102 cm³/mol. The molecule has 1 atom stereocenters. The maximum atomic E-state index is 12.7. The summed E-state index contributed by atoms with van der Waals surface area (Å²) in [6.07, 6.45) is 0. The first-order valence-corrected chi connectivity index (χ1v) is 9.99. The van der Waals surface area contributed by atoms with Gasteiger partial charge in [-0.3, -0.25) is 0 Å². The molecule has 0 saturated carbocycles. The van der Waals surface area contributed by atoms with E-state index in [1.54, 1.807) is 48.5 Å². The topological polar surface area (TPSA) is 46.5 Å². The number of fused-ring (bicyclic) bond motifs is 3. The predicted octanol–water partition coefficient (Wildman–Crippen LogP) is 6.18. The molecule has 7 heteroatoms. The van der Waals surface area contributed by atoms with E-state index in [9.17, 15) is 9.46 Å². The van der Waals surface area contributed by atoms with Gasteiger partial charge < -0.3 is 9.42 Å². The second-order valence-electron chi connectivity index (χ2n) is 5.61. The lowest BCUT2D eigenvalue weighted by Crippen LogP contribution is -2.17. The fraction of sp³-hybridized carbons (Fsp3) is 0. The van der Waals surface area contributed by atoms with Crippen molar-refractivity contribution < 1.29 is 14.0 Å². The molecular formula is C18H10Cl3O3P. The van der Waals surface area contributed by atoms with E-state index in [1.807, 2.05) is 0 Å². The molecule has 3 aromatic carbocycles. The number of hydrogen-bond donors (Lipinski definition) is 1. The van der Waals surface area contributed by atoms with Crippen molar-refractivity contribution in [2.24, 2.45) is 0 Å². The summed E-state index contributed by atoms with van der Waals surface area (Å²) in [6, 6.07) is 15.3. The highest BCUT2D eigenvalue weighted by Crippen LogP contribution is 2.55. The molecule has 4 rings (SSSR count). The lowest BCUT2D eigenvalue weighted by Gasteiger charge is -2.27. The Morgan fingerprint density at radius 2 is 1.40 bits per heavy atom. The van der Waals surface area contributed by atoms with Gasteiger partial charge in [-0.15, -0.1) is 0 Å². The van der Waals surface area contributed by atoms with E-state index in [1.165, 1.54) is 6.07 Å². The van der Waals surface area contributed by atoms with Crippen LogP contribution in [0.2, 0.25) is 15.1 Å². The molecule has 0 saturated heterocycles. The van der Waals surface area contributed by atoms with E-state index in [2.05, 4.69) is 0 Å². The SMILES string of the molecule is O=P1(O)Oc2c(-c3ccc(Cl)cc3)cc(Cl)cc2-c2ccc(Cl)cc21. The van der Waals surface area contributed by atoms with Crippen LogP contribution in [0, 0.1) is 0 Å². The fourth-order valence-electron chi connectivity index (χ4n) is 2.88. The van der Waals surface area contributed by atoms with Gasteiger partial charge in [-0.05, 0) is 42.0 Å². The number of benzene rings is 3. The molecule has 0 bridgehead atoms. The molecule has 0 aliphatic carbocycles. The maximum absolute atomic E-state index is 12.7. The molecular weight excluding hydrogens is 402 g/mol. The fourth-order valence-corrected chi connectivity index (χ4v) is 4.81. The van der Waals surface area contributed by atoms with E-state index in [4.69, 9.17) is 39.3 Å². The Hall–Kier alpha value is -1.48. The Morgan fingerprint density at radius 1 is 0.760 bits per heavy atom. The summed E-state index contributed by atoms with van der Waals surface area (Å²) in [5.74, 6) is 0.312. The van der Waals surface area contributed by atoms with E-state index in [-0.39, 0.29) is 5.30 Å². The van der Waals surface area contributed by atoms with Gasteiger partial charge in [0.1, 0.15) is 5.75 Å². The van der Waals surface area contributed by atoms with Crippen LogP contribution in [0.1, 0.15) is 0 Å². The summed E-state index contributed by atoms with van der Waals surface area (Å²) in [6.45, 7) is 0. The van der Waals surface area contributed by atoms with Gasteiger partial charge in [-0.2, -0.15) is 0 Å². The van der Waals surface area contributed by atoms with Gasteiger partial charge in [0.25, 0.3) is 0 Å². The molecule has 1 aliphatic heterocycles. The first-order valence-electron chi connectivity index (χ1n) is 7.27. The molecule has 1 aliphatic rings. The molecule has 1 heterocycles. The van der Waals surface area contributed by atoms with Crippen molar-refractivity contribution in [2.75, 3.05) is 0 Å². The third-order valence-corrected chi connectivity index (χ3v) is 6.09. The number of hydrogen-bond acceptors (Lipinski definition) is 2. The molecule has 0 radical (unpaired) electrons.